The predicted molar refractivity (Wildman–Crippen MR) is 314 cm³/mol. The fourth-order valence-electron chi connectivity index (χ4n) is 8.81. The van der Waals surface area contributed by atoms with Gasteiger partial charge in [-0.3, -0.25) is 52.4 Å². The molecular weight excluding hydrogens is 1140 g/mol. The van der Waals surface area contributed by atoms with Crippen molar-refractivity contribution in [2.45, 2.75) is 52.7 Å². The Bertz CT molecular complexity index is 3680. The van der Waals surface area contributed by atoms with Gasteiger partial charge in [-0.1, -0.05) is 78.3 Å². The van der Waals surface area contributed by atoms with E-state index in [4.69, 9.17) is 52.9 Å². The molecule has 0 spiro atoms. The number of rotatable bonds is 14. The standard InChI is InChI=1S/C28H25ClN4O5.C20H15BrClN3O3.C8H11NO2.2CH4.FH/c1-16(30-23-11-9-18(37-2)15-24(23)38-3)25-31-22-10-8-17(29)14-21(22)28(36)32(25)12-13-33-26(34)19-6-4-5-7-20(19)27(33)35;1-11(21)17-23-16-7-6-12(22)10-15(16)20(28)24(17)8-9-25-18(26)13-4-2-3-5-14(13)19(25)27;1-10-6-3-4-7(9)8(5-6)11-2;;;/h4-11,14-16,30H,12-13H2,1-3H3;2-7,10-11H,8-9H2,1H3;3-5H,9H2,1-2H3;2*1H4;1H. The number of nitrogens with zero attached hydrogens (tertiary/aromatic N) is 6. The molecule has 80 heavy (non-hydrogen) atoms. The van der Waals surface area contributed by atoms with Crippen LogP contribution in [0.1, 0.15) is 92.7 Å². The number of alkyl halides is 1. The van der Waals surface area contributed by atoms with Gasteiger partial charge in [-0.25, -0.2) is 9.97 Å². The molecule has 4 amide bonds. The number of carbonyl (C=O) groups is 4. The number of nitrogens with two attached hydrogens (primary N) is 1. The van der Waals surface area contributed by atoms with Crippen LogP contribution in [0.4, 0.5) is 16.1 Å². The van der Waals surface area contributed by atoms with E-state index < -0.39 is 6.04 Å². The fourth-order valence-corrected chi connectivity index (χ4v) is 9.50. The maximum atomic E-state index is 13.7. The van der Waals surface area contributed by atoms with E-state index in [2.05, 4.69) is 26.2 Å². The van der Waals surface area contributed by atoms with Crippen molar-refractivity contribution in [3.8, 4) is 23.0 Å². The van der Waals surface area contributed by atoms with Gasteiger partial charge in [0.2, 0.25) is 0 Å². The van der Waals surface area contributed by atoms with Gasteiger partial charge < -0.3 is 30.0 Å². The molecule has 0 bridgehead atoms. The average Bonchev–Trinajstić information content (AvgIpc) is 3.91. The zero-order valence-electron chi connectivity index (χ0n) is 42.9. The van der Waals surface area contributed by atoms with Gasteiger partial charge in [0.05, 0.1) is 94.7 Å². The van der Waals surface area contributed by atoms with Crippen LogP contribution in [0.2, 0.25) is 10.0 Å². The first-order valence-corrected chi connectivity index (χ1v) is 25.6. The quantitative estimate of drug-likeness (QED) is 0.0588. The molecule has 0 saturated carbocycles. The Morgan fingerprint density at radius 1 is 0.537 bits per heavy atom. The highest BCUT2D eigenvalue weighted by atomic mass is 79.9. The first kappa shape index (κ1) is 62.5. The van der Waals surface area contributed by atoms with Crippen LogP contribution >= 0.6 is 39.1 Å². The Balaban J connectivity index is 0.000000246. The molecule has 4 heterocycles. The summed E-state index contributed by atoms with van der Waals surface area (Å²) in [5.74, 6) is 2.08. The number of halogens is 4. The van der Waals surface area contributed by atoms with Crippen LogP contribution in [-0.4, -0.2) is 94.1 Å². The number of ether oxygens (including phenoxy) is 4. The highest BCUT2D eigenvalue weighted by molar-refractivity contribution is 9.09. The number of methoxy groups -OCH3 is 4. The van der Waals surface area contributed by atoms with Gasteiger partial charge in [-0.2, -0.15) is 0 Å². The van der Waals surface area contributed by atoms with Crippen molar-refractivity contribution in [3.63, 3.8) is 0 Å². The van der Waals surface area contributed by atoms with E-state index in [0.717, 1.165) is 10.6 Å². The van der Waals surface area contributed by atoms with Crippen LogP contribution in [0.3, 0.4) is 0 Å². The summed E-state index contributed by atoms with van der Waals surface area (Å²) < 4.78 is 23.7. The molecule has 2 aromatic heterocycles. The molecule has 22 heteroatoms. The molecule has 10 rings (SSSR count). The molecule has 8 aromatic rings. The van der Waals surface area contributed by atoms with Gasteiger partial charge >= 0.3 is 0 Å². The number of aromatic nitrogens is 4. The summed E-state index contributed by atoms with van der Waals surface area (Å²) in [5, 5.41) is 4.95. The largest absolute Gasteiger partial charge is 0.497 e. The molecule has 2 aliphatic heterocycles. The summed E-state index contributed by atoms with van der Waals surface area (Å²) in [6.45, 7) is 4.01. The summed E-state index contributed by atoms with van der Waals surface area (Å²) in [6.07, 6.45) is 0. The fraction of sp³-hybridized carbons (Fsp3) is 0.241. The summed E-state index contributed by atoms with van der Waals surface area (Å²) in [7, 11) is 6.31. The topological polar surface area (TPSA) is 220 Å². The highest BCUT2D eigenvalue weighted by Crippen LogP contribution is 2.33. The van der Waals surface area contributed by atoms with Crippen molar-refractivity contribution in [2.75, 3.05) is 52.6 Å². The second kappa shape index (κ2) is 27.0. The number of benzene rings is 6. The van der Waals surface area contributed by atoms with Crippen molar-refractivity contribution in [3.05, 3.63) is 186 Å². The van der Waals surface area contributed by atoms with Crippen LogP contribution in [-0.2, 0) is 13.1 Å². The molecule has 6 aromatic carbocycles. The molecule has 420 valence electrons. The summed E-state index contributed by atoms with van der Waals surface area (Å²) in [6, 6.07) is 33.5. The maximum absolute atomic E-state index is 13.7. The van der Waals surface area contributed by atoms with Gasteiger partial charge in [-0.05, 0) is 98.8 Å². The maximum Gasteiger partial charge on any atom is 0.261 e. The molecular formula is C58H60BrCl2FN8O10. The molecule has 0 aliphatic carbocycles. The van der Waals surface area contributed by atoms with Crippen LogP contribution < -0.4 is 41.1 Å². The van der Waals surface area contributed by atoms with E-state index in [9.17, 15) is 28.8 Å². The lowest BCUT2D eigenvalue weighted by molar-refractivity contribution is 0.0632. The number of fused-ring (bicyclic) bond motifs is 4. The van der Waals surface area contributed by atoms with Crippen LogP contribution in [0.25, 0.3) is 21.8 Å². The summed E-state index contributed by atoms with van der Waals surface area (Å²) in [4.78, 5) is 89.1. The van der Waals surface area contributed by atoms with Crippen LogP contribution in [0.15, 0.2) is 131 Å². The van der Waals surface area contributed by atoms with Crippen molar-refractivity contribution in [1.29, 1.82) is 0 Å². The first-order valence-electron chi connectivity index (χ1n) is 23.9. The minimum absolute atomic E-state index is 0. The van der Waals surface area contributed by atoms with Crippen molar-refractivity contribution >= 4 is 95.9 Å². The van der Waals surface area contributed by atoms with E-state index in [1.165, 1.54) is 14.0 Å². The molecule has 0 saturated heterocycles. The zero-order valence-corrected chi connectivity index (χ0v) is 46.0. The number of nitrogens with one attached hydrogen (secondary N) is 1. The minimum atomic E-state index is -0.452. The third-order valence-electron chi connectivity index (χ3n) is 12.7. The highest BCUT2D eigenvalue weighted by Gasteiger charge is 2.36. The molecule has 3 N–H and O–H groups in total. The Morgan fingerprint density at radius 2 is 0.938 bits per heavy atom. The van der Waals surface area contributed by atoms with E-state index in [0.29, 0.717) is 94.4 Å². The monoisotopic (exact) mass is 1200 g/mol. The van der Waals surface area contributed by atoms with E-state index in [-0.39, 0.29) is 85.3 Å². The lowest BCUT2D eigenvalue weighted by atomic mass is 10.1. The number of hydrogen-bond donors (Lipinski definition) is 2. The van der Waals surface area contributed by atoms with E-state index >= 15 is 0 Å². The normalized spacial score (nSPS) is 12.8. The molecule has 0 fully saturated rings. The van der Waals surface area contributed by atoms with Crippen LogP contribution in [0, 0.1) is 0 Å². The second-order valence-corrected chi connectivity index (χ2v) is 19.7. The van der Waals surface area contributed by atoms with Gasteiger partial charge in [0.25, 0.3) is 34.7 Å². The summed E-state index contributed by atoms with van der Waals surface area (Å²) >= 11 is 15.7. The molecule has 2 aliphatic rings. The second-order valence-electron chi connectivity index (χ2n) is 17.4. The van der Waals surface area contributed by atoms with E-state index in [1.54, 1.807) is 144 Å². The number of imide groups is 2. The molecule has 2 atom stereocenters. The van der Waals surface area contributed by atoms with Gasteiger partial charge in [0, 0.05) is 48.4 Å². The summed E-state index contributed by atoms with van der Waals surface area (Å²) in [5.41, 5.74) is 8.82. The SMILES string of the molecule is C.C.CC(Br)c1nc2ccc(Cl)cc2c(=O)n1CCN1C(=O)c2ccccc2C1=O.COc1ccc(N)c(OC)c1.COc1ccc(NC(C)c2nc3ccc(Cl)cc3c(=O)n2CCN2C(=O)c3ccccc3C2=O)c(OC)c1.F. The zero-order chi connectivity index (χ0) is 55.2. The number of anilines is 2. The van der Waals surface area contributed by atoms with Crippen molar-refractivity contribution in [1.82, 2.24) is 28.9 Å². The van der Waals surface area contributed by atoms with Gasteiger partial charge in [-0.15, -0.1) is 0 Å². The average molecular weight is 1200 g/mol. The first-order chi connectivity index (χ1) is 37.0. The van der Waals surface area contributed by atoms with Gasteiger partial charge in [0.15, 0.2) is 0 Å². The number of hydrogen-bond acceptors (Lipinski definition) is 14. The van der Waals surface area contributed by atoms with Gasteiger partial charge in [0.1, 0.15) is 34.6 Å². The Hall–Kier alpha value is -8.33. The smallest absolute Gasteiger partial charge is 0.261 e. The van der Waals surface area contributed by atoms with E-state index in [1.807, 2.05) is 19.9 Å². The lowest BCUT2D eigenvalue weighted by Crippen LogP contribution is -2.37. The minimum Gasteiger partial charge on any atom is -0.497 e. The Labute approximate surface area is 479 Å². The van der Waals surface area contributed by atoms with Crippen LogP contribution in [0.5, 0.6) is 23.0 Å². The Morgan fingerprint density at radius 3 is 1.35 bits per heavy atom. The predicted octanol–water partition coefficient (Wildman–Crippen LogP) is 11.0. The lowest BCUT2D eigenvalue weighted by Gasteiger charge is -2.23. The molecule has 2 unspecified atom stereocenters. The number of carbonyl (C=O) groups excluding carboxylic acids is 4. The Kier molecular flexibility index (Phi) is 21.1. The third-order valence-corrected chi connectivity index (χ3v) is 13.6. The molecule has 0 radical (unpaired) electrons. The molecule has 18 nitrogen and oxygen atoms in total. The number of nitrogen functional groups attached to an aromatic ring is 1. The third kappa shape index (κ3) is 12.9. The van der Waals surface area contributed by atoms with Crippen molar-refractivity contribution < 1.29 is 42.8 Å². The van der Waals surface area contributed by atoms with Crippen molar-refractivity contribution in [2.24, 2.45) is 0 Å². The number of amides is 4.